The van der Waals surface area contributed by atoms with Gasteiger partial charge in [0.05, 0.1) is 12.3 Å². The van der Waals surface area contributed by atoms with Crippen molar-refractivity contribution >= 4 is 11.6 Å². The molecule has 1 aromatic carbocycles. The number of aryl methyl sites for hydroxylation is 1. The van der Waals surface area contributed by atoms with E-state index in [4.69, 9.17) is 10.6 Å². The molecule has 104 valence electrons. The summed E-state index contributed by atoms with van der Waals surface area (Å²) < 4.78 is 5.46. The van der Waals surface area contributed by atoms with Crippen LogP contribution in [-0.4, -0.2) is 25.7 Å². The normalized spacial score (nSPS) is 14.2. The van der Waals surface area contributed by atoms with Crippen molar-refractivity contribution in [1.82, 2.24) is 5.32 Å². The standard InChI is InChI=1S/C14H21N3O2/c1-10-8-12(4-5-13(10)17-15)14(18)16-6-7-19-9-11-2-3-11/h4-5,8,11,17H,2-3,6-7,9,15H2,1H3,(H,16,18). The largest absolute Gasteiger partial charge is 0.379 e. The summed E-state index contributed by atoms with van der Waals surface area (Å²) in [5.74, 6) is 6.03. The van der Waals surface area contributed by atoms with Gasteiger partial charge in [0.2, 0.25) is 0 Å². The first-order valence-corrected chi connectivity index (χ1v) is 6.64. The van der Waals surface area contributed by atoms with E-state index in [9.17, 15) is 4.79 Å². The summed E-state index contributed by atoms with van der Waals surface area (Å²) in [5, 5.41) is 2.84. The second-order valence-corrected chi connectivity index (χ2v) is 4.95. The zero-order valence-corrected chi connectivity index (χ0v) is 11.2. The third-order valence-corrected chi connectivity index (χ3v) is 3.23. The fourth-order valence-electron chi connectivity index (χ4n) is 1.84. The van der Waals surface area contributed by atoms with Crippen molar-refractivity contribution in [3.8, 4) is 0 Å². The van der Waals surface area contributed by atoms with E-state index in [1.165, 1.54) is 12.8 Å². The average Bonchev–Trinajstić information content (AvgIpc) is 3.22. The van der Waals surface area contributed by atoms with Crippen molar-refractivity contribution in [2.75, 3.05) is 25.2 Å². The van der Waals surface area contributed by atoms with Gasteiger partial charge in [-0.05, 0) is 49.4 Å². The summed E-state index contributed by atoms with van der Waals surface area (Å²) in [5.41, 5.74) is 4.99. The first kappa shape index (κ1) is 13.8. The maximum atomic E-state index is 11.9. The Morgan fingerprint density at radius 1 is 1.47 bits per heavy atom. The van der Waals surface area contributed by atoms with Crippen LogP contribution in [0.5, 0.6) is 0 Å². The quantitative estimate of drug-likeness (QED) is 0.395. The van der Waals surface area contributed by atoms with Crippen LogP contribution in [0.3, 0.4) is 0 Å². The van der Waals surface area contributed by atoms with Crippen LogP contribution in [0, 0.1) is 12.8 Å². The Labute approximate surface area is 113 Å². The minimum absolute atomic E-state index is 0.0818. The van der Waals surface area contributed by atoms with E-state index in [0.717, 1.165) is 23.8 Å². The number of nitrogens with two attached hydrogens (primary N) is 1. The molecule has 0 radical (unpaired) electrons. The van der Waals surface area contributed by atoms with E-state index in [1.54, 1.807) is 12.1 Å². The van der Waals surface area contributed by atoms with Gasteiger partial charge in [0.1, 0.15) is 0 Å². The van der Waals surface area contributed by atoms with Crippen molar-refractivity contribution in [2.45, 2.75) is 19.8 Å². The van der Waals surface area contributed by atoms with E-state index >= 15 is 0 Å². The molecule has 1 aliphatic carbocycles. The van der Waals surface area contributed by atoms with Crippen molar-refractivity contribution in [3.05, 3.63) is 29.3 Å². The SMILES string of the molecule is Cc1cc(C(=O)NCCOCC2CC2)ccc1NN. The Balaban J connectivity index is 1.73. The summed E-state index contributed by atoms with van der Waals surface area (Å²) in [6.07, 6.45) is 2.57. The molecule has 1 aromatic rings. The summed E-state index contributed by atoms with van der Waals surface area (Å²) in [7, 11) is 0. The van der Waals surface area contributed by atoms with Crippen LogP contribution in [-0.2, 0) is 4.74 Å². The molecule has 0 spiro atoms. The highest BCUT2D eigenvalue weighted by atomic mass is 16.5. The summed E-state index contributed by atoms with van der Waals surface area (Å²) in [6, 6.07) is 5.37. The number of ether oxygens (including phenoxy) is 1. The van der Waals surface area contributed by atoms with Gasteiger partial charge in [0, 0.05) is 18.7 Å². The molecule has 0 bridgehead atoms. The first-order valence-electron chi connectivity index (χ1n) is 6.64. The van der Waals surface area contributed by atoms with Gasteiger partial charge in [-0.3, -0.25) is 10.6 Å². The third kappa shape index (κ3) is 4.22. The lowest BCUT2D eigenvalue weighted by Crippen LogP contribution is -2.27. The Morgan fingerprint density at radius 2 is 2.26 bits per heavy atom. The molecule has 1 fully saturated rings. The molecule has 5 nitrogen and oxygen atoms in total. The third-order valence-electron chi connectivity index (χ3n) is 3.23. The van der Waals surface area contributed by atoms with Crippen molar-refractivity contribution < 1.29 is 9.53 Å². The van der Waals surface area contributed by atoms with E-state index in [-0.39, 0.29) is 5.91 Å². The number of rotatable bonds is 7. The predicted octanol–water partition coefficient (Wildman–Crippen LogP) is 1.44. The average molecular weight is 263 g/mol. The van der Waals surface area contributed by atoms with E-state index in [1.807, 2.05) is 13.0 Å². The van der Waals surface area contributed by atoms with Gasteiger partial charge in [-0.25, -0.2) is 0 Å². The Morgan fingerprint density at radius 3 is 2.89 bits per heavy atom. The lowest BCUT2D eigenvalue weighted by molar-refractivity contribution is 0.0906. The highest BCUT2D eigenvalue weighted by molar-refractivity contribution is 5.94. The summed E-state index contributed by atoms with van der Waals surface area (Å²) >= 11 is 0. The number of hydrogen-bond acceptors (Lipinski definition) is 4. The molecule has 19 heavy (non-hydrogen) atoms. The fraction of sp³-hybridized carbons (Fsp3) is 0.500. The van der Waals surface area contributed by atoms with Gasteiger partial charge in [-0.2, -0.15) is 0 Å². The van der Waals surface area contributed by atoms with Gasteiger partial charge in [0.25, 0.3) is 5.91 Å². The minimum Gasteiger partial charge on any atom is -0.379 e. The number of hydrazine groups is 1. The Kier molecular flexibility index (Phi) is 4.76. The van der Waals surface area contributed by atoms with E-state index in [0.29, 0.717) is 18.7 Å². The van der Waals surface area contributed by atoms with Crippen molar-refractivity contribution in [2.24, 2.45) is 11.8 Å². The van der Waals surface area contributed by atoms with E-state index < -0.39 is 0 Å². The Bertz CT molecular complexity index is 444. The molecule has 1 saturated carbocycles. The second-order valence-electron chi connectivity index (χ2n) is 4.95. The van der Waals surface area contributed by atoms with Gasteiger partial charge in [-0.1, -0.05) is 0 Å². The molecule has 0 saturated heterocycles. The van der Waals surface area contributed by atoms with Gasteiger partial charge < -0.3 is 15.5 Å². The van der Waals surface area contributed by atoms with Crippen LogP contribution in [0.2, 0.25) is 0 Å². The van der Waals surface area contributed by atoms with Crippen LogP contribution in [0.1, 0.15) is 28.8 Å². The molecule has 0 aromatic heterocycles. The molecule has 0 atom stereocenters. The monoisotopic (exact) mass is 263 g/mol. The molecule has 5 heteroatoms. The van der Waals surface area contributed by atoms with E-state index in [2.05, 4.69) is 10.7 Å². The molecule has 4 N–H and O–H groups in total. The number of anilines is 1. The zero-order valence-electron chi connectivity index (χ0n) is 11.2. The number of amides is 1. The minimum atomic E-state index is -0.0818. The van der Waals surface area contributed by atoms with Crippen molar-refractivity contribution in [1.29, 1.82) is 0 Å². The van der Waals surface area contributed by atoms with Gasteiger partial charge in [0.15, 0.2) is 0 Å². The molecule has 0 aliphatic heterocycles. The lowest BCUT2D eigenvalue weighted by Gasteiger charge is -2.09. The number of hydrogen-bond donors (Lipinski definition) is 3. The molecular weight excluding hydrogens is 242 g/mol. The van der Waals surface area contributed by atoms with Crippen molar-refractivity contribution in [3.63, 3.8) is 0 Å². The first-order chi connectivity index (χ1) is 9.20. The number of benzene rings is 1. The molecule has 2 rings (SSSR count). The van der Waals surface area contributed by atoms with Crippen LogP contribution in [0.15, 0.2) is 18.2 Å². The second kappa shape index (κ2) is 6.54. The van der Waals surface area contributed by atoms with Gasteiger partial charge >= 0.3 is 0 Å². The van der Waals surface area contributed by atoms with Crippen LogP contribution in [0.25, 0.3) is 0 Å². The number of carbonyl (C=O) groups excluding carboxylic acids is 1. The number of nitrogen functional groups attached to an aromatic ring is 1. The molecule has 0 heterocycles. The zero-order chi connectivity index (χ0) is 13.7. The number of carbonyl (C=O) groups is 1. The van der Waals surface area contributed by atoms with Crippen LogP contribution >= 0.6 is 0 Å². The molecule has 1 amide bonds. The maximum absolute atomic E-state index is 11.9. The fourth-order valence-corrected chi connectivity index (χ4v) is 1.84. The van der Waals surface area contributed by atoms with Gasteiger partial charge in [-0.15, -0.1) is 0 Å². The topological polar surface area (TPSA) is 76.4 Å². The smallest absolute Gasteiger partial charge is 0.251 e. The molecule has 1 aliphatic rings. The summed E-state index contributed by atoms with van der Waals surface area (Å²) in [4.78, 5) is 11.9. The Hall–Kier alpha value is -1.59. The number of nitrogens with one attached hydrogen (secondary N) is 2. The van der Waals surface area contributed by atoms with Crippen LogP contribution in [0.4, 0.5) is 5.69 Å². The maximum Gasteiger partial charge on any atom is 0.251 e. The molecule has 0 unspecified atom stereocenters. The highest BCUT2D eigenvalue weighted by Crippen LogP contribution is 2.28. The highest BCUT2D eigenvalue weighted by Gasteiger charge is 2.20. The summed E-state index contributed by atoms with van der Waals surface area (Å²) in [6.45, 7) is 3.85. The lowest BCUT2D eigenvalue weighted by atomic mass is 10.1. The molecular formula is C14H21N3O2. The predicted molar refractivity (Wildman–Crippen MR) is 74.9 cm³/mol. The van der Waals surface area contributed by atoms with Crippen LogP contribution < -0.4 is 16.6 Å².